The van der Waals surface area contributed by atoms with Crippen molar-refractivity contribution >= 4 is 39.9 Å². The van der Waals surface area contributed by atoms with Gasteiger partial charge in [0.05, 0.1) is 18.4 Å². The second kappa shape index (κ2) is 11.2. The fourth-order valence-corrected chi connectivity index (χ4v) is 3.98. The number of hydrogen-bond donors (Lipinski definition) is 4. The van der Waals surface area contributed by atoms with E-state index in [4.69, 9.17) is 15.0 Å². The van der Waals surface area contributed by atoms with E-state index < -0.39 is 23.6 Å². The zero-order chi connectivity index (χ0) is 27.4. The van der Waals surface area contributed by atoms with Crippen LogP contribution < -0.4 is 26.4 Å². The molecule has 0 saturated heterocycles. The van der Waals surface area contributed by atoms with E-state index >= 15 is 0 Å². The predicted molar refractivity (Wildman–Crippen MR) is 138 cm³/mol. The van der Waals surface area contributed by atoms with Gasteiger partial charge >= 0.3 is 6.03 Å². The van der Waals surface area contributed by atoms with Gasteiger partial charge in [-0.25, -0.2) is 18.6 Å². The Bertz CT molecular complexity index is 1490. The van der Waals surface area contributed by atoms with Crippen LogP contribution in [0.2, 0.25) is 0 Å². The molecule has 0 unspecified atom stereocenters. The fourth-order valence-electron chi connectivity index (χ4n) is 3.18. The Hall–Kier alpha value is -4.59. The zero-order valence-corrected chi connectivity index (χ0v) is 21.3. The lowest BCUT2D eigenvalue weighted by molar-refractivity contribution is 0.102. The molecule has 0 aliphatic rings. The lowest BCUT2D eigenvalue weighted by Crippen LogP contribution is -2.31. The highest BCUT2D eigenvalue weighted by atomic mass is 32.1. The first kappa shape index (κ1) is 26.5. The second-order valence-corrected chi connectivity index (χ2v) is 9.38. The fraction of sp³-hybridized carbons (Fsp3) is 0.208. The van der Waals surface area contributed by atoms with Crippen LogP contribution in [0, 0.1) is 17.6 Å². The number of nitrogens with two attached hydrogens (primary N) is 1. The van der Waals surface area contributed by atoms with E-state index in [9.17, 15) is 18.4 Å². The zero-order valence-electron chi connectivity index (χ0n) is 20.5. The van der Waals surface area contributed by atoms with Gasteiger partial charge in [0, 0.05) is 18.2 Å². The van der Waals surface area contributed by atoms with Crippen molar-refractivity contribution in [1.29, 1.82) is 0 Å². The molecule has 4 aromatic rings. The van der Waals surface area contributed by atoms with Gasteiger partial charge < -0.3 is 25.6 Å². The number of nitrogens with one attached hydrogen (secondary N) is 3. The van der Waals surface area contributed by atoms with Crippen LogP contribution in [0.4, 0.5) is 30.2 Å². The van der Waals surface area contributed by atoms with Crippen molar-refractivity contribution in [2.45, 2.75) is 13.8 Å². The van der Waals surface area contributed by atoms with Crippen LogP contribution in [0.15, 0.2) is 40.9 Å². The van der Waals surface area contributed by atoms with Gasteiger partial charge in [-0.15, -0.1) is 0 Å². The van der Waals surface area contributed by atoms with E-state index in [2.05, 4.69) is 31.1 Å². The number of urea groups is 1. The first-order valence-corrected chi connectivity index (χ1v) is 12.1. The van der Waals surface area contributed by atoms with E-state index in [1.165, 1.54) is 19.2 Å². The summed E-state index contributed by atoms with van der Waals surface area (Å²) in [6.07, 6.45) is 0. The number of carbonyl (C=O) groups is 2. The normalized spacial score (nSPS) is 10.9. The van der Waals surface area contributed by atoms with E-state index in [1.54, 1.807) is 12.1 Å². The number of hydrogen-bond acceptors (Lipinski definition) is 9. The number of nitrogen functional groups attached to an aromatic ring is 1. The van der Waals surface area contributed by atoms with Gasteiger partial charge in [0.2, 0.25) is 5.82 Å². The number of thiazole rings is 1. The topological polar surface area (TPSA) is 157 Å². The van der Waals surface area contributed by atoms with Crippen LogP contribution in [0.5, 0.6) is 5.75 Å². The number of halogens is 2. The quantitative estimate of drug-likeness (QED) is 0.248. The van der Waals surface area contributed by atoms with Crippen LogP contribution in [-0.4, -0.2) is 40.7 Å². The van der Waals surface area contributed by atoms with Gasteiger partial charge in [0.25, 0.3) is 11.8 Å². The molecule has 2 aromatic carbocycles. The van der Waals surface area contributed by atoms with Gasteiger partial charge in [-0.1, -0.05) is 36.4 Å². The summed E-state index contributed by atoms with van der Waals surface area (Å²) >= 11 is 0.977. The molecule has 4 rings (SSSR count). The lowest BCUT2D eigenvalue weighted by atomic mass is 10.1. The smallest absolute Gasteiger partial charge is 0.321 e. The Morgan fingerprint density at radius 2 is 1.92 bits per heavy atom. The molecule has 0 saturated carbocycles. The third-order valence-corrected chi connectivity index (χ3v) is 6.02. The molecule has 0 atom stereocenters. The molecule has 0 fully saturated rings. The number of benzene rings is 2. The van der Waals surface area contributed by atoms with Gasteiger partial charge in [0.1, 0.15) is 28.1 Å². The summed E-state index contributed by atoms with van der Waals surface area (Å²) in [7, 11) is 1.45. The maximum absolute atomic E-state index is 14.7. The van der Waals surface area contributed by atoms with Crippen molar-refractivity contribution in [3.63, 3.8) is 0 Å². The molecule has 2 aromatic heterocycles. The Balaban J connectivity index is 1.55. The highest BCUT2D eigenvalue weighted by Crippen LogP contribution is 2.35. The molecule has 0 bridgehead atoms. The summed E-state index contributed by atoms with van der Waals surface area (Å²) < 4.78 is 39.5. The van der Waals surface area contributed by atoms with Crippen LogP contribution in [-0.2, 0) is 0 Å². The molecule has 2 heterocycles. The van der Waals surface area contributed by atoms with Crippen LogP contribution >= 0.6 is 11.3 Å². The SMILES string of the molecule is COc1cccc(C(=O)Nc2cc(-c3noc(-c4sc(NC(=O)NCC(C)C)nc4N)n3)c(F)cc2F)c1. The Morgan fingerprint density at radius 3 is 2.66 bits per heavy atom. The standard InChI is InChI=1S/C24H23F2N7O4S/c1-11(2)10-28-23(35)32-24-30-19(27)18(38-24)22-31-20(33-37-22)14-8-17(16(26)9-15(14)25)29-21(34)12-5-4-6-13(7-12)36-3/h4-9,11H,10,27H2,1-3H3,(H,29,34)(H2,28,30,32,35). The average Bonchev–Trinajstić information content (AvgIpc) is 3.50. The van der Waals surface area contributed by atoms with Crippen molar-refractivity contribution in [1.82, 2.24) is 20.4 Å². The minimum Gasteiger partial charge on any atom is -0.497 e. The third-order valence-electron chi connectivity index (χ3n) is 5.04. The first-order chi connectivity index (χ1) is 18.1. The molecule has 11 nitrogen and oxygen atoms in total. The van der Waals surface area contributed by atoms with Gasteiger partial charge in [-0.2, -0.15) is 4.98 Å². The minimum atomic E-state index is -0.996. The molecule has 0 aliphatic carbocycles. The predicted octanol–water partition coefficient (Wildman–Crippen LogP) is 4.76. The monoisotopic (exact) mass is 543 g/mol. The molecule has 0 aliphatic heterocycles. The Kier molecular flexibility index (Phi) is 7.81. The number of ether oxygens (including phenoxy) is 1. The van der Waals surface area contributed by atoms with Gasteiger partial charge in [-0.3, -0.25) is 10.1 Å². The van der Waals surface area contributed by atoms with Gasteiger partial charge in [0.15, 0.2) is 5.13 Å². The highest BCUT2D eigenvalue weighted by molar-refractivity contribution is 7.19. The molecule has 0 radical (unpaired) electrons. The van der Waals surface area contributed by atoms with E-state index in [-0.39, 0.29) is 50.3 Å². The number of methoxy groups -OCH3 is 1. The third kappa shape index (κ3) is 6.03. The first-order valence-electron chi connectivity index (χ1n) is 11.2. The number of carbonyl (C=O) groups excluding carboxylic acids is 2. The summed E-state index contributed by atoms with van der Waals surface area (Å²) in [6, 6.07) is 7.44. The molecule has 198 valence electrons. The van der Waals surface area contributed by atoms with Crippen molar-refractivity contribution < 1.29 is 27.6 Å². The highest BCUT2D eigenvalue weighted by Gasteiger charge is 2.22. The number of anilines is 3. The molecular formula is C24H23F2N7O4S. The molecule has 38 heavy (non-hydrogen) atoms. The van der Waals surface area contributed by atoms with Crippen molar-refractivity contribution in [3.05, 3.63) is 53.6 Å². The maximum atomic E-state index is 14.7. The number of rotatable bonds is 8. The molecule has 5 N–H and O–H groups in total. The van der Waals surface area contributed by atoms with E-state index in [0.29, 0.717) is 18.4 Å². The lowest BCUT2D eigenvalue weighted by Gasteiger charge is -2.09. The van der Waals surface area contributed by atoms with E-state index in [1.807, 2.05) is 13.8 Å². The average molecular weight is 544 g/mol. The maximum Gasteiger partial charge on any atom is 0.321 e. The summed E-state index contributed by atoms with van der Waals surface area (Å²) in [5.74, 6) is -2.20. The minimum absolute atomic E-state index is 0.00943. The molecule has 0 spiro atoms. The van der Waals surface area contributed by atoms with Gasteiger partial charge in [-0.05, 0) is 30.2 Å². The van der Waals surface area contributed by atoms with Crippen LogP contribution in [0.1, 0.15) is 24.2 Å². The molecule has 14 heteroatoms. The summed E-state index contributed by atoms with van der Waals surface area (Å²) in [5, 5.41) is 11.6. The van der Waals surface area contributed by atoms with Crippen molar-refractivity contribution in [3.8, 4) is 27.9 Å². The van der Waals surface area contributed by atoms with Crippen LogP contribution in [0.25, 0.3) is 22.2 Å². The summed E-state index contributed by atoms with van der Waals surface area (Å²) in [6.45, 7) is 4.38. The molecule has 3 amide bonds. The number of nitrogens with zero attached hydrogens (tertiary/aromatic N) is 3. The van der Waals surface area contributed by atoms with Crippen molar-refractivity contribution in [2.75, 3.05) is 30.0 Å². The number of amides is 3. The Labute approximate surface area is 219 Å². The summed E-state index contributed by atoms with van der Waals surface area (Å²) in [4.78, 5) is 33.1. The second-order valence-electron chi connectivity index (χ2n) is 8.38. The largest absolute Gasteiger partial charge is 0.497 e. The number of aromatic nitrogens is 3. The van der Waals surface area contributed by atoms with Crippen molar-refractivity contribution in [2.24, 2.45) is 5.92 Å². The molecular weight excluding hydrogens is 520 g/mol. The summed E-state index contributed by atoms with van der Waals surface area (Å²) in [5.41, 5.74) is 5.63. The van der Waals surface area contributed by atoms with Crippen LogP contribution in [0.3, 0.4) is 0 Å². The Morgan fingerprint density at radius 1 is 1.13 bits per heavy atom. The van der Waals surface area contributed by atoms with E-state index in [0.717, 1.165) is 17.4 Å².